The molecule has 33 heavy (non-hydrogen) atoms. The van der Waals surface area contributed by atoms with Crippen LogP contribution in [0.2, 0.25) is 0 Å². The van der Waals surface area contributed by atoms with E-state index in [2.05, 4.69) is 65.8 Å². The van der Waals surface area contributed by atoms with E-state index >= 15 is 0 Å². The maximum atomic E-state index is 13.9. The molecule has 2 nitrogen and oxygen atoms in total. The molecule has 1 heterocycles. The van der Waals surface area contributed by atoms with Gasteiger partial charge >= 0.3 is 0 Å². The average Bonchev–Trinajstić information content (AvgIpc) is 2.89. The number of rotatable bonds is 5. The van der Waals surface area contributed by atoms with E-state index in [9.17, 15) is 4.79 Å². The van der Waals surface area contributed by atoms with E-state index in [0.717, 1.165) is 17.7 Å². The standard InChI is InChI=1S/C31H32NO/c1-23-29(24-14-6-2-7-15-24)28(31(33)26-18-10-4-11-19-26)22-32(27-20-12-5-13-21-27)30(23)25-16-8-3-9-17-25/h2-4,6-11,14-19,27-29H,1,5,12-13,20-22H2/q+1. The summed E-state index contributed by atoms with van der Waals surface area (Å²) in [7, 11) is 0. The molecule has 0 aromatic heterocycles. The Bertz CT molecular complexity index is 1140. The molecule has 5 rings (SSSR count). The lowest BCUT2D eigenvalue weighted by Crippen LogP contribution is -2.46. The summed E-state index contributed by atoms with van der Waals surface area (Å²) in [5, 5.41) is 0. The van der Waals surface area contributed by atoms with Crippen molar-refractivity contribution in [3.05, 3.63) is 120 Å². The zero-order valence-corrected chi connectivity index (χ0v) is 19.2. The number of carbonyl (C=O) groups excluding carboxylic acids is 1. The van der Waals surface area contributed by atoms with E-state index in [1.54, 1.807) is 0 Å². The summed E-state index contributed by atoms with van der Waals surface area (Å²) in [6, 6.07) is 31.4. The zero-order chi connectivity index (χ0) is 22.6. The molecule has 0 N–H and O–H groups in total. The first kappa shape index (κ1) is 21.6. The van der Waals surface area contributed by atoms with Gasteiger partial charge < -0.3 is 0 Å². The maximum Gasteiger partial charge on any atom is 0.210 e. The van der Waals surface area contributed by atoms with Crippen molar-refractivity contribution in [2.24, 2.45) is 5.92 Å². The van der Waals surface area contributed by atoms with Crippen LogP contribution in [-0.2, 0) is 0 Å². The Labute approximate surface area is 197 Å². The van der Waals surface area contributed by atoms with Crippen molar-refractivity contribution in [2.45, 2.75) is 44.1 Å². The number of hydrogen-bond donors (Lipinski definition) is 0. The summed E-state index contributed by atoms with van der Waals surface area (Å²) >= 11 is 0. The van der Waals surface area contributed by atoms with E-state index in [4.69, 9.17) is 0 Å². The van der Waals surface area contributed by atoms with Crippen LogP contribution in [0.1, 0.15) is 59.5 Å². The fourth-order valence-electron chi connectivity index (χ4n) is 5.80. The summed E-state index contributed by atoms with van der Waals surface area (Å²) in [6.45, 7) is 5.41. The van der Waals surface area contributed by atoms with Crippen molar-refractivity contribution in [3.8, 4) is 0 Å². The van der Waals surface area contributed by atoms with Gasteiger partial charge in [-0.25, -0.2) is 4.58 Å². The predicted octanol–water partition coefficient (Wildman–Crippen LogP) is 6.67. The zero-order valence-electron chi connectivity index (χ0n) is 19.2. The molecule has 0 saturated heterocycles. The molecular formula is C31H32NO+. The first-order chi connectivity index (χ1) is 16.2. The number of nitrogens with zero attached hydrogens (tertiary/aromatic N) is 1. The molecule has 1 saturated carbocycles. The first-order valence-electron chi connectivity index (χ1n) is 12.3. The Morgan fingerprint density at radius 1 is 0.758 bits per heavy atom. The highest BCUT2D eigenvalue weighted by Gasteiger charge is 2.45. The van der Waals surface area contributed by atoms with E-state index in [0.29, 0.717) is 6.04 Å². The number of carbonyl (C=O) groups is 1. The predicted molar refractivity (Wildman–Crippen MR) is 135 cm³/mol. The van der Waals surface area contributed by atoms with E-state index in [1.807, 2.05) is 36.4 Å². The Morgan fingerprint density at radius 2 is 1.33 bits per heavy atom. The van der Waals surface area contributed by atoms with Gasteiger partial charge in [-0.1, -0.05) is 91.9 Å². The van der Waals surface area contributed by atoms with Gasteiger partial charge in [-0.15, -0.1) is 0 Å². The summed E-state index contributed by atoms with van der Waals surface area (Å²) in [4.78, 5) is 13.9. The van der Waals surface area contributed by atoms with Gasteiger partial charge in [0.15, 0.2) is 18.4 Å². The van der Waals surface area contributed by atoms with Crippen LogP contribution in [-0.4, -0.2) is 28.7 Å². The number of allylic oxidation sites excluding steroid dienone is 1. The van der Waals surface area contributed by atoms with Crippen molar-refractivity contribution < 1.29 is 9.37 Å². The van der Waals surface area contributed by atoms with Crippen molar-refractivity contribution >= 4 is 11.5 Å². The lowest BCUT2D eigenvalue weighted by atomic mass is 9.72. The number of hydrogen-bond acceptors (Lipinski definition) is 1. The van der Waals surface area contributed by atoms with Crippen molar-refractivity contribution in [2.75, 3.05) is 6.54 Å². The van der Waals surface area contributed by atoms with E-state index in [1.165, 1.54) is 48.9 Å². The third-order valence-electron chi connectivity index (χ3n) is 7.38. The molecule has 3 aromatic rings. The molecule has 2 aliphatic rings. The third-order valence-corrected chi connectivity index (χ3v) is 7.38. The monoisotopic (exact) mass is 434 g/mol. The second kappa shape index (κ2) is 9.70. The Morgan fingerprint density at radius 3 is 1.97 bits per heavy atom. The average molecular weight is 435 g/mol. The smallest absolute Gasteiger partial charge is 0.210 e. The first-order valence-corrected chi connectivity index (χ1v) is 12.3. The third kappa shape index (κ3) is 4.35. The van der Waals surface area contributed by atoms with Crippen LogP contribution >= 0.6 is 0 Å². The topological polar surface area (TPSA) is 20.1 Å². The molecule has 1 fully saturated rings. The summed E-state index contributed by atoms with van der Waals surface area (Å²) < 4.78 is 2.54. The molecule has 2 heteroatoms. The van der Waals surface area contributed by atoms with Crippen LogP contribution in [0.5, 0.6) is 0 Å². The number of ketones is 1. The molecule has 1 aliphatic carbocycles. The van der Waals surface area contributed by atoms with Crippen molar-refractivity contribution in [1.82, 2.24) is 0 Å². The molecule has 2 unspecified atom stereocenters. The minimum atomic E-state index is -0.156. The molecule has 0 amide bonds. The summed E-state index contributed by atoms with van der Waals surface area (Å²) in [5.41, 5.74) is 5.48. The molecule has 166 valence electrons. The maximum absolute atomic E-state index is 13.9. The lowest BCUT2D eigenvalue weighted by molar-refractivity contribution is -0.576. The molecule has 0 spiro atoms. The van der Waals surface area contributed by atoms with Gasteiger partial charge in [0.05, 0.1) is 5.92 Å². The lowest BCUT2D eigenvalue weighted by Gasteiger charge is -2.35. The van der Waals surface area contributed by atoms with Gasteiger partial charge in [-0.05, 0) is 30.5 Å². The summed E-state index contributed by atoms with van der Waals surface area (Å²) in [5.74, 6) is 0.0316. The fourth-order valence-corrected chi connectivity index (χ4v) is 5.80. The fraction of sp³-hybridized carbons (Fsp3) is 0.290. The molecule has 2 atom stereocenters. The molecule has 0 bridgehead atoms. The second-order valence-electron chi connectivity index (χ2n) is 9.41. The highest BCUT2D eigenvalue weighted by molar-refractivity contribution is 6.12. The highest BCUT2D eigenvalue weighted by atomic mass is 16.1. The molecule has 1 aliphatic heterocycles. The van der Waals surface area contributed by atoms with Crippen LogP contribution in [0.25, 0.3) is 0 Å². The second-order valence-corrected chi connectivity index (χ2v) is 9.41. The Hall–Kier alpha value is -3.26. The number of benzene rings is 3. The minimum Gasteiger partial charge on any atom is -0.294 e. The van der Waals surface area contributed by atoms with E-state index < -0.39 is 0 Å². The van der Waals surface area contributed by atoms with Crippen molar-refractivity contribution in [1.29, 1.82) is 0 Å². The largest absolute Gasteiger partial charge is 0.294 e. The molecule has 3 aromatic carbocycles. The Kier molecular flexibility index (Phi) is 6.35. The SMILES string of the molecule is C=C1C(c2ccccc2)=[N+](C2CCCCC2)CC(C(=O)c2ccccc2)C1c1ccccc1. The highest BCUT2D eigenvalue weighted by Crippen LogP contribution is 2.40. The summed E-state index contributed by atoms with van der Waals surface area (Å²) in [6.07, 6.45) is 6.20. The van der Waals surface area contributed by atoms with Crippen LogP contribution in [0.3, 0.4) is 0 Å². The van der Waals surface area contributed by atoms with Gasteiger partial charge in [0, 0.05) is 35.5 Å². The Balaban J connectivity index is 1.67. The molecule has 0 radical (unpaired) electrons. The minimum absolute atomic E-state index is 0.0334. The van der Waals surface area contributed by atoms with Crippen LogP contribution in [0.15, 0.2) is 103 Å². The quantitative estimate of drug-likeness (QED) is 0.324. The van der Waals surface area contributed by atoms with Gasteiger partial charge in [-0.3, -0.25) is 4.79 Å². The van der Waals surface area contributed by atoms with E-state index in [-0.39, 0.29) is 17.6 Å². The van der Waals surface area contributed by atoms with Crippen molar-refractivity contribution in [3.63, 3.8) is 0 Å². The van der Waals surface area contributed by atoms with Crippen LogP contribution < -0.4 is 0 Å². The van der Waals surface area contributed by atoms with Gasteiger partial charge in [0.2, 0.25) is 5.71 Å². The van der Waals surface area contributed by atoms with Crippen LogP contribution in [0, 0.1) is 5.92 Å². The normalized spacial score (nSPS) is 21.8. The molecular weight excluding hydrogens is 402 g/mol. The van der Waals surface area contributed by atoms with Crippen LogP contribution in [0.4, 0.5) is 0 Å². The number of Topliss-reactive ketones (excluding diaryl/α,β-unsaturated/α-hetero) is 1. The van der Waals surface area contributed by atoms with Gasteiger partial charge in [-0.2, -0.15) is 0 Å². The van der Waals surface area contributed by atoms with Gasteiger partial charge in [0.1, 0.15) is 0 Å². The van der Waals surface area contributed by atoms with Gasteiger partial charge in [0.25, 0.3) is 0 Å².